The number of carbonyl (C=O) groups is 1. The molecule has 1 aromatic carbocycles. The number of nitrogen functional groups attached to an aromatic ring is 1. The van der Waals surface area contributed by atoms with Crippen molar-refractivity contribution < 1.29 is 13.9 Å². The number of amides is 1. The van der Waals surface area contributed by atoms with E-state index in [1.165, 1.54) is 6.39 Å². The number of pyridine rings is 1. The Bertz CT molecular complexity index is 1100. The molecule has 0 atom stereocenters. The molecule has 0 fully saturated rings. The third-order valence-electron chi connectivity index (χ3n) is 4.50. The number of nitrogens with one attached hydrogen (secondary N) is 2. The van der Waals surface area contributed by atoms with Crippen molar-refractivity contribution in [3.8, 4) is 17.2 Å². The SMILES string of the molecule is C/C=C(\C=C/CC)NC(=O)c1c(N)cc(Nc2ccc(-c3cnco3)cc2)nc1OCC. The van der Waals surface area contributed by atoms with Crippen molar-refractivity contribution >= 4 is 23.1 Å². The molecule has 0 saturated heterocycles. The molecular weight excluding hydrogens is 406 g/mol. The minimum atomic E-state index is -0.379. The summed E-state index contributed by atoms with van der Waals surface area (Å²) in [6, 6.07) is 9.18. The Balaban J connectivity index is 1.83. The Kier molecular flexibility index (Phi) is 7.64. The minimum absolute atomic E-state index is 0.167. The van der Waals surface area contributed by atoms with Crippen molar-refractivity contribution in [2.45, 2.75) is 27.2 Å². The van der Waals surface area contributed by atoms with Crippen molar-refractivity contribution in [3.05, 3.63) is 72.4 Å². The second kappa shape index (κ2) is 10.8. The van der Waals surface area contributed by atoms with Crippen LogP contribution in [0, 0.1) is 0 Å². The molecule has 0 aliphatic heterocycles. The maximum Gasteiger partial charge on any atom is 0.263 e. The molecule has 0 radical (unpaired) electrons. The number of hydrogen-bond acceptors (Lipinski definition) is 7. The number of anilines is 3. The fourth-order valence-corrected chi connectivity index (χ4v) is 2.95. The largest absolute Gasteiger partial charge is 0.477 e. The van der Waals surface area contributed by atoms with Gasteiger partial charge in [0.05, 0.1) is 18.5 Å². The van der Waals surface area contributed by atoms with Crippen LogP contribution in [-0.4, -0.2) is 22.5 Å². The smallest absolute Gasteiger partial charge is 0.263 e. The van der Waals surface area contributed by atoms with Crippen LogP contribution in [0.1, 0.15) is 37.6 Å². The number of hydrogen-bond donors (Lipinski definition) is 3. The lowest BCUT2D eigenvalue weighted by Gasteiger charge is -2.15. The summed E-state index contributed by atoms with van der Waals surface area (Å²) in [5, 5.41) is 6.04. The van der Waals surface area contributed by atoms with E-state index in [0.29, 0.717) is 23.9 Å². The van der Waals surface area contributed by atoms with Crippen molar-refractivity contribution in [2.75, 3.05) is 17.7 Å². The molecule has 3 aromatic rings. The second-order valence-corrected chi connectivity index (χ2v) is 6.79. The zero-order valence-corrected chi connectivity index (χ0v) is 18.4. The van der Waals surface area contributed by atoms with Gasteiger partial charge in [-0.05, 0) is 50.6 Å². The molecular formula is C24H27N5O3. The Labute approximate surface area is 187 Å². The first kappa shape index (κ1) is 22.6. The van der Waals surface area contributed by atoms with Gasteiger partial charge in [0.2, 0.25) is 5.88 Å². The normalized spacial score (nSPS) is 11.5. The standard InChI is InChI=1S/C24H27N5O3/c1-4-7-8-17(5-2)28-23(30)22-19(25)13-21(29-24(22)31-6-3)27-18-11-9-16(10-12-18)20-14-26-15-32-20/h5,7-15H,4,6H2,1-3H3,(H,28,30)(H3,25,27,29)/b8-7-,17-5+. The monoisotopic (exact) mass is 433 g/mol. The van der Waals surface area contributed by atoms with E-state index in [4.69, 9.17) is 14.9 Å². The van der Waals surface area contributed by atoms with Gasteiger partial charge in [-0.3, -0.25) is 4.79 Å². The second-order valence-electron chi connectivity index (χ2n) is 6.79. The molecule has 1 amide bonds. The molecule has 2 heterocycles. The highest BCUT2D eigenvalue weighted by Gasteiger charge is 2.20. The summed E-state index contributed by atoms with van der Waals surface area (Å²) in [5.41, 5.74) is 9.06. The van der Waals surface area contributed by atoms with Crippen LogP contribution < -0.4 is 21.1 Å². The van der Waals surface area contributed by atoms with Crippen LogP contribution in [0.4, 0.5) is 17.2 Å². The molecule has 3 rings (SSSR count). The number of nitrogens with two attached hydrogens (primary N) is 1. The van der Waals surface area contributed by atoms with E-state index in [-0.39, 0.29) is 23.0 Å². The van der Waals surface area contributed by atoms with Crippen molar-refractivity contribution in [1.82, 2.24) is 15.3 Å². The number of nitrogens with zero attached hydrogens (tertiary/aromatic N) is 2. The quantitative estimate of drug-likeness (QED) is 0.404. The van der Waals surface area contributed by atoms with E-state index in [0.717, 1.165) is 17.7 Å². The number of oxazole rings is 1. The molecule has 0 unspecified atom stereocenters. The van der Waals surface area contributed by atoms with Crippen LogP contribution in [0.3, 0.4) is 0 Å². The van der Waals surface area contributed by atoms with Gasteiger partial charge in [0.15, 0.2) is 12.2 Å². The molecule has 32 heavy (non-hydrogen) atoms. The van der Waals surface area contributed by atoms with Crippen molar-refractivity contribution in [3.63, 3.8) is 0 Å². The van der Waals surface area contributed by atoms with Crippen LogP contribution in [-0.2, 0) is 0 Å². The average molecular weight is 434 g/mol. The maximum absolute atomic E-state index is 12.9. The Morgan fingerprint density at radius 3 is 2.66 bits per heavy atom. The number of rotatable bonds is 9. The predicted octanol–water partition coefficient (Wildman–Crippen LogP) is 5.06. The highest BCUT2D eigenvalue weighted by atomic mass is 16.5. The van der Waals surface area contributed by atoms with Crippen LogP contribution in [0.15, 0.2) is 71.3 Å². The van der Waals surface area contributed by atoms with E-state index >= 15 is 0 Å². The first-order chi connectivity index (χ1) is 15.5. The summed E-state index contributed by atoms with van der Waals surface area (Å²) in [6.45, 7) is 6.03. The van der Waals surface area contributed by atoms with Crippen LogP contribution in [0.25, 0.3) is 11.3 Å². The molecule has 4 N–H and O–H groups in total. The van der Waals surface area contributed by atoms with E-state index < -0.39 is 0 Å². The molecule has 0 aliphatic carbocycles. The van der Waals surface area contributed by atoms with Crippen LogP contribution in [0.2, 0.25) is 0 Å². The molecule has 8 nitrogen and oxygen atoms in total. The highest BCUT2D eigenvalue weighted by Crippen LogP contribution is 2.29. The number of benzene rings is 1. The van der Waals surface area contributed by atoms with Gasteiger partial charge in [0, 0.05) is 23.0 Å². The van der Waals surface area contributed by atoms with Gasteiger partial charge in [0.1, 0.15) is 11.4 Å². The summed E-state index contributed by atoms with van der Waals surface area (Å²) >= 11 is 0. The summed E-state index contributed by atoms with van der Waals surface area (Å²) in [7, 11) is 0. The van der Waals surface area contributed by atoms with E-state index in [2.05, 4.69) is 20.6 Å². The van der Waals surface area contributed by atoms with Crippen LogP contribution in [0.5, 0.6) is 5.88 Å². The minimum Gasteiger partial charge on any atom is -0.477 e. The third-order valence-corrected chi connectivity index (χ3v) is 4.50. The molecule has 0 aliphatic rings. The lowest BCUT2D eigenvalue weighted by Crippen LogP contribution is -2.24. The van der Waals surface area contributed by atoms with Gasteiger partial charge in [-0.15, -0.1) is 0 Å². The molecule has 0 bridgehead atoms. The lowest BCUT2D eigenvalue weighted by molar-refractivity contribution is 0.0963. The summed E-state index contributed by atoms with van der Waals surface area (Å²) in [4.78, 5) is 21.3. The van der Waals surface area contributed by atoms with Crippen LogP contribution >= 0.6 is 0 Å². The van der Waals surface area contributed by atoms with E-state index in [1.54, 1.807) is 12.3 Å². The Morgan fingerprint density at radius 2 is 2.03 bits per heavy atom. The first-order valence-corrected chi connectivity index (χ1v) is 10.4. The summed E-state index contributed by atoms with van der Waals surface area (Å²) in [5.74, 6) is 0.935. The predicted molar refractivity (Wildman–Crippen MR) is 126 cm³/mol. The van der Waals surface area contributed by atoms with Crippen molar-refractivity contribution in [1.29, 1.82) is 0 Å². The van der Waals surface area contributed by atoms with Gasteiger partial charge in [-0.25, -0.2) is 4.98 Å². The summed E-state index contributed by atoms with van der Waals surface area (Å²) in [6.07, 6.45) is 9.52. The number of carbonyl (C=O) groups excluding carboxylic acids is 1. The molecule has 0 saturated carbocycles. The Morgan fingerprint density at radius 1 is 1.25 bits per heavy atom. The zero-order valence-electron chi connectivity index (χ0n) is 18.4. The topological polar surface area (TPSA) is 115 Å². The fraction of sp³-hybridized carbons (Fsp3) is 0.208. The molecule has 0 spiro atoms. The fourth-order valence-electron chi connectivity index (χ4n) is 2.95. The summed E-state index contributed by atoms with van der Waals surface area (Å²) < 4.78 is 10.9. The molecule has 2 aromatic heterocycles. The highest BCUT2D eigenvalue weighted by molar-refractivity contribution is 6.02. The van der Waals surface area contributed by atoms with E-state index in [9.17, 15) is 4.79 Å². The number of allylic oxidation sites excluding steroid dienone is 3. The van der Waals surface area contributed by atoms with Crippen molar-refractivity contribution in [2.24, 2.45) is 0 Å². The van der Waals surface area contributed by atoms with E-state index in [1.807, 2.05) is 63.3 Å². The van der Waals surface area contributed by atoms with Gasteiger partial charge in [-0.1, -0.05) is 19.1 Å². The number of ether oxygens (including phenoxy) is 1. The van der Waals surface area contributed by atoms with Gasteiger partial charge < -0.3 is 25.5 Å². The average Bonchev–Trinajstić information content (AvgIpc) is 3.32. The van der Waals surface area contributed by atoms with Gasteiger partial charge in [0.25, 0.3) is 5.91 Å². The lowest BCUT2D eigenvalue weighted by atomic mass is 10.1. The molecule has 8 heteroatoms. The van der Waals surface area contributed by atoms with Gasteiger partial charge >= 0.3 is 0 Å². The third kappa shape index (κ3) is 5.54. The maximum atomic E-state index is 12.9. The van der Waals surface area contributed by atoms with Gasteiger partial charge in [-0.2, -0.15) is 4.98 Å². The molecule has 166 valence electrons. The number of aromatic nitrogens is 2. The Hall–Kier alpha value is -4.07. The first-order valence-electron chi connectivity index (χ1n) is 10.4. The zero-order chi connectivity index (χ0) is 22.9.